The summed E-state index contributed by atoms with van der Waals surface area (Å²) in [4.78, 5) is 27.3. The number of allylic oxidation sites excluding steroid dienone is 4. The first-order chi connectivity index (χ1) is 66.7. The maximum Gasteiger partial charge on any atom is 0.120 e. The van der Waals surface area contributed by atoms with Crippen LogP contribution in [-0.2, 0) is 4.79 Å². The van der Waals surface area contributed by atoms with Gasteiger partial charge in [0.05, 0.1) is 40.7 Å². The SMILES string of the molecule is Brc1cccnc1.CC[C@]1(O)CC[C@@]2(C)C(=CC[C@H]3[C@@H]4CC[C@H]([C@H](C)CCC(O)c5cccnc5)[C@@]4(C)CC[C@@H]32)C1.CC[C@]1(O)CC[C@@]2(C)C(=CC[C@H]3[C@@H]4CC[C@H]([C@H](C)CCC=O)[C@@]4(C)CC[C@@H]32)C1.CC[C@]1(O)CC[C@@]2(C)C(=CC[C@H]3[C@@H]4CC[C@H]([C@H](C)CC[C@@H](O)c5cccnc5)[C@@]4(C)CC[C@@H]32)C1.CC[C@]1(O)CC[C@@]2(C)C(=CC[C@H]3[C@@H]4CC[C@H]([C@H](C)CC[C@H](O)c5cccnc5)[C@@]4(C)CC[C@@H]32)C1.CSF. The third kappa shape index (κ3) is 22.1. The second-order valence-electron chi connectivity index (χ2n) is 52.1. The number of aldehydes is 1. The lowest BCUT2D eigenvalue weighted by atomic mass is 9.46. The molecule has 778 valence electrons. The number of halogens is 2. The number of aromatic nitrogens is 4. The van der Waals surface area contributed by atoms with E-state index < -0.39 is 40.7 Å². The van der Waals surface area contributed by atoms with Crippen molar-refractivity contribution in [2.45, 2.75) is 434 Å². The molecule has 0 bridgehead atoms. The lowest BCUT2D eigenvalue weighted by Crippen LogP contribution is -2.52. The number of hydrogen-bond donors (Lipinski definition) is 7. The normalized spacial score (nSPS) is 41.9. The Bertz CT molecular complexity index is 4460. The zero-order valence-electron chi connectivity index (χ0n) is 90.0. The highest BCUT2D eigenvalue weighted by molar-refractivity contribution is 9.10. The lowest BCUT2D eigenvalue weighted by Gasteiger charge is -2.59. The third-order valence-corrected chi connectivity index (χ3v) is 46.4. The van der Waals surface area contributed by atoms with Crippen molar-refractivity contribution in [3.05, 3.63) is 166 Å². The Hall–Kier alpha value is -4.29. The smallest absolute Gasteiger partial charge is 0.120 e. The maximum atomic E-state index is 11.0. The Morgan fingerprint density at radius 3 is 0.807 bits per heavy atom. The van der Waals surface area contributed by atoms with E-state index in [0.717, 1.165) is 251 Å². The Balaban J connectivity index is 0.000000137. The van der Waals surface area contributed by atoms with Gasteiger partial charge in [-0.25, -0.2) is 0 Å². The molecule has 7 N–H and O–H groups in total. The van der Waals surface area contributed by atoms with Gasteiger partial charge >= 0.3 is 0 Å². The van der Waals surface area contributed by atoms with Crippen molar-refractivity contribution in [2.75, 3.05) is 6.26 Å². The van der Waals surface area contributed by atoms with Crippen molar-refractivity contribution >= 4 is 34.4 Å². The van der Waals surface area contributed by atoms with Gasteiger partial charge in [-0.15, -0.1) is 0 Å². The molecule has 0 amide bonds. The summed E-state index contributed by atoms with van der Waals surface area (Å²) in [5, 5.41) is 76.0. The average Bonchev–Trinajstić information content (AvgIpc) is 1.49. The highest BCUT2D eigenvalue weighted by atomic mass is 79.9. The minimum absolute atomic E-state index is 0.250. The zero-order valence-corrected chi connectivity index (χ0v) is 92.4. The van der Waals surface area contributed by atoms with Crippen LogP contribution in [0.2, 0.25) is 0 Å². The average molecular weight is 2010 g/mol. The predicted octanol–water partition coefficient (Wildman–Crippen LogP) is 31.2. The summed E-state index contributed by atoms with van der Waals surface area (Å²) in [5.74, 6) is 15.6. The van der Waals surface area contributed by atoms with E-state index in [0.29, 0.717) is 67.0 Å². The molecular formula is C125H190BrFN4O8S. The van der Waals surface area contributed by atoms with Gasteiger partial charge in [0.15, 0.2) is 0 Å². The number of fused-ring (bicyclic) bond motifs is 20. The van der Waals surface area contributed by atoms with E-state index in [4.69, 9.17) is 0 Å². The summed E-state index contributed by atoms with van der Waals surface area (Å²) in [6.45, 7) is 39.0. The first-order valence-corrected chi connectivity index (χ1v) is 59.2. The molecule has 20 rings (SSSR count). The number of pyridine rings is 4. The highest BCUT2D eigenvalue weighted by Crippen LogP contribution is 2.74. The van der Waals surface area contributed by atoms with Crippen LogP contribution in [0.3, 0.4) is 0 Å². The molecule has 140 heavy (non-hydrogen) atoms. The fraction of sp³-hybridized carbons (Fsp3) is 0.768. The standard InChI is InChI=1S/3C31H47NO2.C26H42O2.C5H4BrN.CH3FS/c3*1-5-31(34)17-16-29(3)23(19-31)9-10-24-26-12-11-25(30(26,4)15-14-27(24)29)21(2)8-13-28(33)22-7-6-18-32-20-22;1-5-26(28)15-14-24(3)19(17-26)8-9-20-22-11-10-21(18(2)7-6-16-27)25(22,4)13-12-23(20)24;6-5-2-1-3-7-4-5;1-3-2/h3*6-7,9,18,20-21,24-28,33-34H,5,8,10-17,19H2,1-4H3;8,16,18,20-23,28H,5-7,9-15,17H2,1-4H3;1-4H;1H3/t21-,24+,25-,26+,27+,28?,29+,30-,31+;21-,24+,25-,26+,27+,28+,29+,30-,31+;21-,24+,25-,26+,27+,28-,29+,30-,31+;18-,20+,21-,22+,23+,24+,25-,26+;;/m1111../s1. The van der Waals surface area contributed by atoms with Crippen LogP contribution in [0, 0.1) is 162 Å². The minimum atomic E-state index is -0.463. The van der Waals surface area contributed by atoms with Crippen LogP contribution in [0.5, 0.6) is 0 Å². The van der Waals surface area contributed by atoms with Gasteiger partial charge < -0.3 is 40.5 Å². The van der Waals surface area contributed by atoms with Crippen LogP contribution in [0.4, 0.5) is 3.89 Å². The molecule has 15 heteroatoms. The monoisotopic (exact) mass is 2010 g/mol. The highest BCUT2D eigenvalue weighted by Gasteiger charge is 2.66. The van der Waals surface area contributed by atoms with Gasteiger partial charge in [0.25, 0.3) is 0 Å². The predicted molar refractivity (Wildman–Crippen MR) is 576 cm³/mol. The first kappa shape index (κ1) is 110. The Kier molecular flexibility index (Phi) is 35.5. The number of aliphatic hydroxyl groups excluding tert-OH is 3. The molecule has 4 heterocycles. The van der Waals surface area contributed by atoms with Crippen LogP contribution in [0.25, 0.3) is 0 Å². The van der Waals surface area contributed by atoms with Crippen LogP contribution >= 0.6 is 28.1 Å². The molecule has 4 aromatic heterocycles. The van der Waals surface area contributed by atoms with Gasteiger partial charge in [0.2, 0.25) is 0 Å². The molecule has 0 spiro atoms. The molecule has 16 aliphatic carbocycles. The summed E-state index contributed by atoms with van der Waals surface area (Å²) in [6, 6.07) is 15.6. The fourth-order valence-corrected chi connectivity index (χ4v) is 37.2. The van der Waals surface area contributed by atoms with E-state index >= 15 is 0 Å². The molecule has 35 atom stereocenters. The van der Waals surface area contributed by atoms with E-state index in [9.17, 15) is 44.4 Å². The molecule has 12 saturated carbocycles. The molecule has 16 aliphatic rings. The molecule has 0 aromatic carbocycles. The van der Waals surface area contributed by atoms with Crippen molar-refractivity contribution in [1.29, 1.82) is 0 Å². The van der Waals surface area contributed by atoms with Crippen LogP contribution in [0.1, 0.15) is 428 Å². The van der Waals surface area contributed by atoms with Crippen LogP contribution < -0.4 is 0 Å². The Labute approximate surface area is 860 Å². The number of hydrogen-bond acceptors (Lipinski definition) is 13. The largest absolute Gasteiger partial charge is 0.390 e. The van der Waals surface area contributed by atoms with Gasteiger partial charge in [-0.05, 0) is 501 Å². The van der Waals surface area contributed by atoms with E-state index in [2.05, 4.69) is 171 Å². The van der Waals surface area contributed by atoms with E-state index in [1.165, 1.54) is 160 Å². The lowest BCUT2D eigenvalue weighted by molar-refractivity contribution is -0.108. The molecule has 12 fully saturated rings. The van der Waals surface area contributed by atoms with Gasteiger partial charge in [-0.1, -0.05) is 176 Å². The summed E-state index contributed by atoms with van der Waals surface area (Å²) >= 11 is 3.50. The Morgan fingerprint density at radius 2 is 0.600 bits per heavy atom. The number of nitrogens with zero attached hydrogens (tertiary/aromatic N) is 4. The number of aliphatic hydroxyl groups is 7. The number of rotatable bonds is 23. The van der Waals surface area contributed by atoms with Gasteiger partial charge in [-0.3, -0.25) is 19.9 Å². The van der Waals surface area contributed by atoms with E-state index in [1.54, 1.807) is 53.3 Å². The van der Waals surface area contributed by atoms with Crippen molar-refractivity contribution < 1.29 is 44.4 Å². The summed E-state index contributed by atoms with van der Waals surface area (Å²) < 4.78 is 11.2. The molecule has 4 aromatic rings. The summed E-state index contributed by atoms with van der Waals surface area (Å²) in [5.41, 5.74) is 10.4. The number of carbonyl (C=O) groups is 1. The first-order valence-electron chi connectivity index (χ1n) is 57.2. The zero-order chi connectivity index (χ0) is 100. The second-order valence-corrected chi connectivity index (χ2v) is 53.3. The molecular weight excluding hydrogens is 1820 g/mol. The second kappa shape index (κ2) is 45.2. The maximum absolute atomic E-state index is 11.0. The van der Waals surface area contributed by atoms with Crippen LogP contribution in [-0.4, -0.2) is 90.6 Å². The molecule has 1 unspecified atom stereocenters. The van der Waals surface area contributed by atoms with Gasteiger partial charge in [-0.2, -0.15) is 3.89 Å². The molecule has 0 aliphatic heterocycles. The van der Waals surface area contributed by atoms with Gasteiger partial charge in [0, 0.05) is 78.9 Å². The molecule has 12 nitrogen and oxygen atoms in total. The topological polar surface area (TPSA) is 210 Å². The summed E-state index contributed by atoms with van der Waals surface area (Å²) in [7, 11) is 0. The Morgan fingerprint density at radius 1 is 0.357 bits per heavy atom. The van der Waals surface area contributed by atoms with Crippen LogP contribution in [0.15, 0.2) is 149 Å². The van der Waals surface area contributed by atoms with Crippen molar-refractivity contribution in [1.82, 2.24) is 19.9 Å². The fourth-order valence-electron chi connectivity index (χ4n) is 36.9. The summed E-state index contributed by atoms with van der Waals surface area (Å²) in [6.07, 6.45) is 76.0. The quantitative estimate of drug-likeness (QED) is 0.0273. The molecule has 0 saturated heterocycles. The van der Waals surface area contributed by atoms with Crippen molar-refractivity contribution in [3.8, 4) is 0 Å². The minimum Gasteiger partial charge on any atom is -0.390 e. The van der Waals surface area contributed by atoms with E-state index in [-0.39, 0.29) is 12.1 Å². The van der Waals surface area contributed by atoms with E-state index in [1.807, 2.05) is 67.1 Å². The third-order valence-electron chi connectivity index (χ3n) is 46.0. The van der Waals surface area contributed by atoms with Gasteiger partial charge in [0.1, 0.15) is 6.29 Å². The van der Waals surface area contributed by atoms with Crippen molar-refractivity contribution in [3.63, 3.8) is 0 Å². The number of carbonyl (C=O) groups excluding carboxylic acids is 1. The molecule has 0 radical (unpaired) electrons. The van der Waals surface area contributed by atoms with Crippen molar-refractivity contribution in [2.24, 2.45) is 162 Å².